The molecule has 1 aromatic rings. The molecule has 0 saturated carbocycles. The highest BCUT2D eigenvalue weighted by Gasteiger charge is 2.24. The van der Waals surface area contributed by atoms with Gasteiger partial charge in [-0.05, 0) is 39.0 Å². The van der Waals surface area contributed by atoms with E-state index < -0.39 is 17.6 Å². The Morgan fingerprint density at radius 1 is 1.25 bits per heavy atom. The summed E-state index contributed by atoms with van der Waals surface area (Å²) in [5.74, 6) is -0.896. The van der Waals surface area contributed by atoms with E-state index in [1.165, 1.54) is 12.1 Å². The second-order valence-electron chi connectivity index (χ2n) is 5.40. The maximum Gasteiger partial charge on any atom is 0.323 e. The molecule has 0 aromatic heterocycles. The topological polar surface area (TPSA) is 69.4 Å². The number of nitrogens with two attached hydrogens (primary N) is 1. The van der Waals surface area contributed by atoms with Crippen molar-refractivity contribution >= 4 is 35.0 Å². The van der Waals surface area contributed by atoms with Crippen molar-refractivity contribution in [3.8, 4) is 0 Å². The van der Waals surface area contributed by atoms with Gasteiger partial charge in [-0.1, -0.05) is 23.2 Å². The molecule has 6 heteroatoms. The van der Waals surface area contributed by atoms with Crippen LogP contribution in [0, 0.1) is 0 Å². The third-order valence-corrected chi connectivity index (χ3v) is 3.10. The Labute approximate surface area is 128 Å². The zero-order valence-electron chi connectivity index (χ0n) is 11.6. The van der Waals surface area contributed by atoms with Crippen LogP contribution in [-0.2, 0) is 9.53 Å². The van der Waals surface area contributed by atoms with Gasteiger partial charge in [0.15, 0.2) is 5.78 Å². The van der Waals surface area contributed by atoms with Crippen molar-refractivity contribution < 1.29 is 14.3 Å². The number of hydrogen-bond acceptors (Lipinski definition) is 4. The SMILES string of the molecule is CC(C)(C)OC(=O)C(N)CC(=O)c1ccc(Cl)c(Cl)c1. The average Bonchev–Trinajstić information content (AvgIpc) is 2.30. The number of Topliss-reactive ketones (excluding diaryl/α,β-unsaturated/α-hetero) is 1. The molecule has 1 aromatic carbocycles. The second kappa shape index (κ2) is 6.57. The van der Waals surface area contributed by atoms with Crippen molar-refractivity contribution in [2.75, 3.05) is 0 Å². The van der Waals surface area contributed by atoms with Crippen LogP contribution in [0.4, 0.5) is 0 Å². The normalized spacial score (nSPS) is 12.9. The van der Waals surface area contributed by atoms with E-state index in [9.17, 15) is 9.59 Å². The number of ether oxygens (including phenoxy) is 1. The van der Waals surface area contributed by atoms with Gasteiger partial charge < -0.3 is 10.5 Å². The summed E-state index contributed by atoms with van der Waals surface area (Å²) in [5.41, 5.74) is 5.40. The molecular formula is C14H17Cl2NO3. The van der Waals surface area contributed by atoms with Crippen molar-refractivity contribution in [1.82, 2.24) is 0 Å². The summed E-state index contributed by atoms with van der Waals surface area (Å²) in [6, 6.07) is 3.51. The highest BCUT2D eigenvalue weighted by atomic mass is 35.5. The molecule has 0 aliphatic heterocycles. The standard InChI is InChI=1S/C14H17Cl2NO3/c1-14(2,3)20-13(19)11(17)7-12(18)8-4-5-9(15)10(16)6-8/h4-6,11H,7,17H2,1-3H3. The minimum absolute atomic E-state index is 0.146. The molecule has 0 amide bonds. The average molecular weight is 318 g/mol. The molecule has 2 N–H and O–H groups in total. The van der Waals surface area contributed by atoms with Crippen LogP contribution in [0.1, 0.15) is 37.6 Å². The fourth-order valence-corrected chi connectivity index (χ4v) is 1.75. The smallest absolute Gasteiger partial charge is 0.323 e. The minimum Gasteiger partial charge on any atom is -0.459 e. The van der Waals surface area contributed by atoms with Crippen LogP contribution in [0.15, 0.2) is 18.2 Å². The zero-order chi connectivity index (χ0) is 15.5. The quantitative estimate of drug-likeness (QED) is 0.683. The van der Waals surface area contributed by atoms with Gasteiger partial charge in [0, 0.05) is 12.0 Å². The predicted octanol–water partition coefficient (Wildman–Crippen LogP) is 3.24. The van der Waals surface area contributed by atoms with Gasteiger partial charge in [-0.2, -0.15) is 0 Å². The molecule has 0 heterocycles. The first-order valence-electron chi connectivity index (χ1n) is 6.07. The van der Waals surface area contributed by atoms with E-state index in [0.717, 1.165) is 0 Å². The molecule has 0 spiro atoms. The van der Waals surface area contributed by atoms with E-state index in [2.05, 4.69) is 0 Å². The lowest BCUT2D eigenvalue weighted by Crippen LogP contribution is -2.38. The number of esters is 1. The number of ketones is 1. The molecule has 4 nitrogen and oxygen atoms in total. The Balaban J connectivity index is 2.70. The third kappa shape index (κ3) is 5.12. The lowest BCUT2D eigenvalue weighted by atomic mass is 10.0. The van der Waals surface area contributed by atoms with Gasteiger partial charge in [-0.15, -0.1) is 0 Å². The van der Waals surface area contributed by atoms with Gasteiger partial charge in [-0.25, -0.2) is 0 Å². The summed E-state index contributed by atoms with van der Waals surface area (Å²) in [5, 5.41) is 0.642. The molecule has 0 aliphatic carbocycles. The number of carbonyl (C=O) groups excluding carboxylic acids is 2. The molecule has 20 heavy (non-hydrogen) atoms. The van der Waals surface area contributed by atoms with Crippen LogP contribution in [0.5, 0.6) is 0 Å². The molecule has 1 atom stereocenters. The summed E-state index contributed by atoms with van der Waals surface area (Å²) < 4.78 is 5.12. The lowest BCUT2D eigenvalue weighted by Gasteiger charge is -2.21. The van der Waals surface area contributed by atoms with Crippen molar-refractivity contribution in [3.05, 3.63) is 33.8 Å². The number of halogens is 2. The van der Waals surface area contributed by atoms with Crippen molar-refractivity contribution in [1.29, 1.82) is 0 Å². The fourth-order valence-electron chi connectivity index (χ4n) is 1.45. The van der Waals surface area contributed by atoms with E-state index >= 15 is 0 Å². The van der Waals surface area contributed by atoms with Crippen LogP contribution in [0.2, 0.25) is 10.0 Å². The first kappa shape index (κ1) is 17.0. The summed E-state index contributed by atoms with van der Waals surface area (Å²) >= 11 is 11.6. The van der Waals surface area contributed by atoms with Gasteiger partial charge in [0.1, 0.15) is 11.6 Å². The first-order chi connectivity index (χ1) is 9.10. The fraction of sp³-hybridized carbons (Fsp3) is 0.429. The van der Waals surface area contributed by atoms with Crippen LogP contribution < -0.4 is 5.73 Å². The number of carbonyl (C=O) groups is 2. The second-order valence-corrected chi connectivity index (χ2v) is 6.21. The molecule has 110 valence electrons. The van der Waals surface area contributed by atoms with E-state index in [1.807, 2.05) is 0 Å². The van der Waals surface area contributed by atoms with E-state index in [0.29, 0.717) is 10.6 Å². The third-order valence-electron chi connectivity index (χ3n) is 2.36. The van der Waals surface area contributed by atoms with Crippen LogP contribution in [0.3, 0.4) is 0 Å². The van der Waals surface area contributed by atoms with Gasteiger partial charge in [0.25, 0.3) is 0 Å². The Hall–Kier alpha value is -1.10. The summed E-state index contributed by atoms with van der Waals surface area (Å²) in [7, 11) is 0. The van der Waals surface area contributed by atoms with E-state index in [1.54, 1.807) is 26.8 Å². The Morgan fingerprint density at radius 2 is 1.85 bits per heavy atom. The lowest BCUT2D eigenvalue weighted by molar-refractivity contribution is -0.156. The molecule has 0 bridgehead atoms. The summed E-state index contributed by atoms with van der Waals surface area (Å²) in [6.45, 7) is 5.20. The largest absolute Gasteiger partial charge is 0.459 e. The molecule has 1 rings (SSSR count). The Kier molecular flexibility index (Phi) is 5.57. The van der Waals surface area contributed by atoms with Crippen LogP contribution in [-0.4, -0.2) is 23.4 Å². The molecular weight excluding hydrogens is 301 g/mol. The molecule has 1 unspecified atom stereocenters. The monoisotopic (exact) mass is 317 g/mol. The summed E-state index contributed by atoms with van der Waals surface area (Å²) in [4.78, 5) is 23.7. The zero-order valence-corrected chi connectivity index (χ0v) is 13.1. The Morgan fingerprint density at radius 3 is 2.35 bits per heavy atom. The predicted molar refractivity (Wildman–Crippen MR) is 79.2 cm³/mol. The highest BCUT2D eigenvalue weighted by molar-refractivity contribution is 6.42. The summed E-state index contributed by atoms with van der Waals surface area (Å²) in [6.07, 6.45) is -0.146. The van der Waals surface area contributed by atoms with Crippen LogP contribution >= 0.6 is 23.2 Å². The number of benzene rings is 1. The van der Waals surface area contributed by atoms with E-state index in [-0.39, 0.29) is 17.2 Å². The van der Waals surface area contributed by atoms with Gasteiger partial charge in [0.05, 0.1) is 10.0 Å². The highest BCUT2D eigenvalue weighted by Crippen LogP contribution is 2.23. The van der Waals surface area contributed by atoms with Gasteiger partial charge in [-0.3, -0.25) is 9.59 Å². The van der Waals surface area contributed by atoms with Gasteiger partial charge >= 0.3 is 5.97 Å². The molecule has 0 fully saturated rings. The maximum absolute atomic E-state index is 12.0. The van der Waals surface area contributed by atoms with Crippen molar-refractivity contribution in [3.63, 3.8) is 0 Å². The maximum atomic E-state index is 12.0. The molecule has 0 radical (unpaired) electrons. The van der Waals surface area contributed by atoms with Crippen molar-refractivity contribution in [2.24, 2.45) is 5.73 Å². The van der Waals surface area contributed by atoms with Crippen LogP contribution in [0.25, 0.3) is 0 Å². The van der Waals surface area contributed by atoms with E-state index in [4.69, 9.17) is 33.7 Å². The van der Waals surface area contributed by atoms with Gasteiger partial charge in [0.2, 0.25) is 0 Å². The number of hydrogen-bond donors (Lipinski definition) is 1. The minimum atomic E-state index is -1.00. The first-order valence-corrected chi connectivity index (χ1v) is 6.82. The molecule has 0 aliphatic rings. The van der Waals surface area contributed by atoms with Crippen molar-refractivity contribution in [2.45, 2.75) is 38.8 Å². The Bertz CT molecular complexity index is 524. The number of rotatable bonds is 4. The molecule has 0 saturated heterocycles.